The van der Waals surface area contributed by atoms with Gasteiger partial charge in [0.05, 0.1) is 13.2 Å². The highest BCUT2D eigenvalue weighted by atomic mass is 32.1. The van der Waals surface area contributed by atoms with Crippen molar-refractivity contribution < 1.29 is 27.2 Å². The van der Waals surface area contributed by atoms with Crippen molar-refractivity contribution in [2.45, 2.75) is 19.6 Å². The third-order valence-corrected chi connectivity index (χ3v) is 9.22. The summed E-state index contributed by atoms with van der Waals surface area (Å²) in [7, 11) is -7.79. The Kier molecular flexibility index (Phi) is 6.68. The zero-order valence-electron chi connectivity index (χ0n) is 17.1. The minimum atomic E-state index is -4.04. The SMILES string of the molecule is CCOP(=O)(OCC)C(NP1(=O)Oc2ccccc2-c2ccccc2O1)c1ccsc1. The Morgan fingerprint density at radius 3 is 2.00 bits per heavy atom. The van der Waals surface area contributed by atoms with Crippen LogP contribution in [0.1, 0.15) is 25.2 Å². The van der Waals surface area contributed by atoms with Crippen LogP contribution in [0.5, 0.6) is 11.5 Å². The van der Waals surface area contributed by atoms with Crippen molar-refractivity contribution in [3.63, 3.8) is 0 Å². The topological polar surface area (TPSA) is 83.1 Å². The summed E-state index contributed by atoms with van der Waals surface area (Å²) in [5, 5.41) is 6.51. The summed E-state index contributed by atoms with van der Waals surface area (Å²) in [6.07, 6.45) is 0. The Morgan fingerprint density at radius 2 is 1.52 bits per heavy atom. The Labute approximate surface area is 185 Å². The molecule has 2 heterocycles. The van der Waals surface area contributed by atoms with Crippen molar-refractivity contribution in [3.05, 3.63) is 70.9 Å². The molecule has 0 aliphatic carbocycles. The summed E-state index contributed by atoms with van der Waals surface area (Å²) in [6, 6.07) is 16.3. The smallest absolute Gasteiger partial charge is 0.404 e. The van der Waals surface area contributed by atoms with Crippen LogP contribution in [0, 0.1) is 0 Å². The number of hydrogen-bond acceptors (Lipinski definition) is 7. The molecule has 1 aliphatic heterocycles. The number of rotatable bonds is 8. The molecule has 164 valence electrons. The van der Waals surface area contributed by atoms with Crippen LogP contribution in [0.4, 0.5) is 0 Å². The van der Waals surface area contributed by atoms with Crippen LogP contribution in [-0.2, 0) is 18.2 Å². The van der Waals surface area contributed by atoms with Crippen molar-refractivity contribution in [1.29, 1.82) is 0 Å². The summed E-state index contributed by atoms with van der Waals surface area (Å²) >= 11 is 1.42. The maximum absolute atomic E-state index is 14.0. The van der Waals surface area contributed by atoms with Gasteiger partial charge in [-0.2, -0.15) is 16.4 Å². The molecule has 0 fully saturated rings. The molecule has 0 amide bonds. The van der Waals surface area contributed by atoms with Crippen LogP contribution in [0.15, 0.2) is 65.4 Å². The minimum absolute atomic E-state index is 0.164. The Bertz CT molecular complexity index is 1070. The second-order valence-corrected chi connectivity index (χ2v) is 11.1. The molecule has 7 nitrogen and oxygen atoms in total. The molecule has 1 N–H and O–H groups in total. The van der Waals surface area contributed by atoms with E-state index in [1.807, 2.05) is 29.6 Å². The number of fused-ring (bicyclic) bond motifs is 3. The van der Waals surface area contributed by atoms with Crippen molar-refractivity contribution in [2.24, 2.45) is 0 Å². The van der Waals surface area contributed by atoms with Gasteiger partial charge in [-0.05, 0) is 48.4 Å². The van der Waals surface area contributed by atoms with E-state index in [4.69, 9.17) is 18.1 Å². The molecule has 1 aliphatic rings. The van der Waals surface area contributed by atoms with Gasteiger partial charge in [0.25, 0.3) is 0 Å². The molecule has 1 atom stereocenters. The van der Waals surface area contributed by atoms with Gasteiger partial charge in [0.15, 0.2) is 0 Å². The molecule has 0 saturated carbocycles. The monoisotopic (exact) mass is 479 g/mol. The average molecular weight is 479 g/mol. The third-order valence-electron chi connectivity index (χ3n) is 4.57. The normalized spacial score (nSPS) is 15.7. The summed E-state index contributed by atoms with van der Waals surface area (Å²) in [5.41, 5.74) is 2.12. The van der Waals surface area contributed by atoms with Crippen molar-refractivity contribution in [3.8, 4) is 22.6 Å². The van der Waals surface area contributed by atoms with Gasteiger partial charge in [-0.3, -0.25) is 4.57 Å². The van der Waals surface area contributed by atoms with Crippen LogP contribution in [0.3, 0.4) is 0 Å². The van der Waals surface area contributed by atoms with E-state index in [1.165, 1.54) is 11.3 Å². The number of benzene rings is 2. The fraction of sp³-hybridized carbons (Fsp3) is 0.238. The van der Waals surface area contributed by atoms with E-state index in [0.717, 1.165) is 11.1 Å². The number of para-hydroxylation sites is 2. The van der Waals surface area contributed by atoms with E-state index in [0.29, 0.717) is 17.1 Å². The van der Waals surface area contributed by atoms with Crippen LogP contribution in [-0.4, -0.2) is 13.2 Å². The summed E-state index contributed by atoms with van der Waals surface area (Å²) in [6.45, 7) is 3.78. The van der Waals surface area contributed by atoms with Crippen LogP contribution < -0.4 is 14.1 Å². The summed E-state index contributed by atoms with van der Waals surface area (Å²) in [4.78, 5) is 0. The van der Waals surface area contributed by atoms with E-state index in [9.17, 15) is 9.13 Å². The maximum atomic E-state index is 14.0. The predicted octanol–water partition coefficient (Wildman–Crippen LogP) is 6.85. The first-order valence-corrected chi connectivity index (χ1v) is 13.9. The molecule has 0 saturated heterocycles. The fourth-order valence-electron chi connectivity index (χ4n) is 3.32. The van der Waals surface area contributed by atoms with Gasteiger partial charge in [-0.1, -0.05) is 36.4 Å². The Morgan fingerprint density at radius 1 is 0.968 bits per heavy atom. The molecule has 2 aromatic carbocycles. The molecule has 31 heavy (non-hydrogen) atoms. The summed E-state index contributed by atoms with van der Waals surface area (Å²) in [5.74, 6) is -0.244. The van der Waals surface area contributed by atoms with E-state index < -0.39 is 21.1 Å². The molecular formula is C21H23NO6P2S. The van der Waals surface area contributed by atoms with Gasteiger partial charge in [-0.25, -0.2) is 4.57 Å². The van der Waals surface area contributed by atoms with E-state index in [2.05, 4.69) is 5.09 Å². The highest BCUT2D eigenvalue weighted by Crippen LogP contribution is 2.64. The van der Waals surface area contributed by atoms with Crippen molar-refractivity contribution in [1.82, 2.24) is 5.09 Å². The van der Waals surface area contributed by atoms with Gasteiger partial charge in [0, 0.05) is 11.1 Å². The first kappa shape index (κ1) is 22.3. The van der Waals surface area contributed by atoms with Crippen LogP contribution in [0.2, 0.25) is 0 Å². The lowest BCUT2D eigenvalue weighted by Gasteiger charge is -2.29. The van der Waals surface area contributed by atoms with Crippen LogP contribution in [0.25, 0.3) is 11.1 Å². The first-order valence-electron chi connectivity index (χ1n) is 9.84. The molecule has 1 unspecified atom stereocenters. The zero-order chi connectivity index (χ0) is 21.9. The van der Waals surface area contributed by atoms with Crippen molar-refractivity contribution >= 4 is 26.7 Å². The quantitative estimate of drug-likeness (QED) is 0.354. The lowest BCUT2D eigenvalue weighted by molar-refractivity contribution is 0.209. The number of nitrogens with one attached hydrogen (secondary N) is 1. The molecule has 0 bridgehead atoms. The first-order chi connectivity index (χ1) is 15.0. The molecule has 4 rings (SSSR count). The molecule has 1 aromatic heterocycles. The van der Waals surface area contributed by atoms with Crippen molar-refractivity contribution in [2.75, 3.05) is 13.2 Å². The third kappa shape index (κ3) is 4.65. The number of hydrogen-bond donors (Lipinski definition) is 1. The van der Waals surface area contributed by atoms with Gasteiger partial charge in [0.1, 0.15) is 17.3 Å². The lowest BCUT2D eigenvalue weighted by Crippen LogP contribution is -2.25. The molecule has 0 spiro atoms. The molecule has 3 aromatic rings. The molecule has 10 heteroatoms. The zero-order valence-corrected chi connectivity index (χ0v) is 19.7. The Hall–Kier alpha value is -1.92. The van der Waals surface area contributed by atoms with Gasteiger partial charge < -0.3 is 18.1 Å². The highest BCUT2D eigenvalue weighted by molar-refractivity contribution is 7.57. The van der Waals surface area contributed by atoms with Gasteiger partial charge >= 0.3 is 15.3 Å². The fourth-order valence-corrected chi connectivity index (χ4v) is 8.14. The Balaban J connectivity index is 1.79. The average Bonchev–Trinajstić information content (AvgIpc) is 3.24. The van der Waals surface area contributed by atoms with E-state index >= 15 is 0 Å². The number of thiophene rings is 1. The molecular weight excluding hydrogens is 456 g/mol. The standard InChI is InChI=1S/C21H23NO6P2S/c1-3-25-29(23,26-4-2)21(16-13-14-31-15-16)22-30(24)27-19-11-7-5-9-17(19)18-10-6-8-12-20(18)28-30/h5-15,21H,3-4H2,1-2H3,(H,22,24). The van der Waals surface area contributed by atoms with E-state index in [-0.39, 0.29) is 13.2 Å². The van der Waals surface area contributed by atoms with Crippen LogP contribution >= 0.6 is 26.7 Å². The lowest BCUT2D eigenvalue weighted by atomic mass is 10.0. The van der Waals surface area contributed by atoms with Gasteiger partial charge in [-0.15, -0.1) is 0 Å². The summed E-state index contributed by atoms with van der Waals surface area (Å²) < 4.78 is 50.5. The highest BCUT2D eigenvalue weighted by Gasteiger charge is 2.45. The maximum Gasteiger partial charge on any atom is 0.514 e. The van der Waals surface area contributed by atoms with E-state index in [1.54, 1.807) is 49.6 Å². The predicted molar refractivity (Wildman–Crippen MR) is 122 cm³/mol. The minimum Gasteiger partial charge on any atom is -0.404 e. The second-order valence-electron chi connectivity index (χ2n) is 6.64. The van der Waals surface area contributed by atoms with Gasteiger partial charge in [0.2, 0.25) is 0 Å². The molecule has 0 radical (unpaired) electrons. The largest absolute Gasteiger partial charge is 0.514 e. The second kappa shape index (κ2) is 9.29.